The molecule has 0 aliphatic carbocycles. The molecule has 0 aliphatic heterocycles. The predicted octanol–water partition coefficient (Wildman–Crippen LogP) is 16.5. The smallest absolute Gasteiger partial charge is 0.145 e. The minimum Gasteiger partial charge on any atom is -0.456 e. The molecule has 0 radical (unpaired) electrons. The van der Waals surface area contributed by atoms with Crippen LogP contribution in [0.4, 0.5) is 17.1 Å². The Kier molecular flexibility index (Phi) is 7.57. The number of anilines is 3. The number of benzene rings is 10. The van der Waals surface area contributed by atoms with E-state index in [1.54, 1.807) is 0 Å². The van der Waals surface area contributed by atoms with Crippen LogP contribution >= 0.6 is 0 Å². The Morgan fingerprint density at radius 2 is 1.00 bits per heavy atom. The average molecular weight is 793 g/mol. The molecule has 0 bridgehead atoms. The molecule has 13 rings (SSSR count). The summed E-state index contributed by atoms with van der Waals surface area (Å²) < 4.78 is 15.6. The van der Waals surface area contributed by atoms with Crippen molar-refractivity contribution in [2.75, 3.05) is 4.90 Å². The van der Waals surface area contributed by atoms with Crippen LogP contribution in [0.15, 0.2) is 227 Å². The first-order valence-corrected chi connectivity index (χ1v) is 21.1. The van der Waals surface area contributed by atoms with Crippen LogP contribution < -0.4 is 4.90 Å². The quantitative estimate of drug-likeness (QED) is 0.168. The summed E-state index contributed by atoms with van der Waals surface area (Å²) >= 11 is 0. The van der Waals surface area contributed by atoms with Crippen molar-refractivity contribution in [1.29, 1.82) is 0 Å². The lowest BCUT2D eigenvalue weighted by Gasteiger charge is -2.28. The lowest BCUT2D eigenvalue weighted by molar-refractivity contribution is 0.669. The Morgan fingerprint density at radius 3 is 1.79 bits per heavy atom. The molecule has 0 N–H and O–H groups in total. The molecule has 0 saturated heterocycles. The van der Waals surface area contributed by atoms with Gasteiger partial charge in [0.25, 0.3) is 0 Å². The predicted molar refractivity (Wildman–Crippen MR) is 258 cm³/mol. The topological polar surface area (TPSA) is 34.5 Å². The summed E-state index contributed by atoms with van der Waals surface area (Å²) in [7, 11) is 0. The Balaban J connectivity index is 1.06. The number of aromatic nitrogens is 1. The van der Waals surface area contributed by atoms with Gasteiger partial charge in [0.2, 0.25) is 0 Å². The molecule has 0 aliphatic rings. The summed E-state index contributed by atoms with van der Waals surface area (Å²) in [4.78, 5) is 2.39. The van der Waals surface area contributed by atoms with Gasteiger partial charge in [-0.1, -0.05) is 140 Å². The number of furan rings is 2. The van der Waals surface area contributed by atoms with Gasteiger partial charge in [0, 0.05) is 54.9 Å². The number of fused-ring (bicyclic) bond motifs is 10. The Morgan fingerprint density at radius 1 is 0.371 bits per heavy atom. The van der Waals surface area contributed by atoms with E-state index in [0.717, 1.165) is 88.9 Å². The van der Waals surface area contributed by atoms with Crippen LogP contribution in [0.5, 0.6) is 0 Å². The van der Waals surface area contributed by atoms with Gasteiger partial charge in [-0.05, 0) is 106 Å². The molecule has 0 atom stereocenters. The third kappa shape index (κ3) is 5.27. The second-order valence-corrected chi connectivity index (χ2v) is 16.0. The molecular formula is C58H36N2O2. The molecule has 62 heavy (non-hydrogen) atoms. The maximum Gasteiger partial charge on any atom is 0.145 e. The molecule has 3 aromatic heterocycles. The zero-order valence-electron chi connectivity index (χ0n) is 33.5. The third-order valence-corrected chi connectivity index (χ3v) is 12.6. The largest absolute Gasteiger partial charge is 0.456 e. The molecular weight excluding hydrogens is 757 g/mol. The van der Waals surface area contributed by atoms with Crippen molar-refractivity contribution in [3.63, 3.8) is 0 Å². The van der Waals surface area contributed by atoms with Gasteiger partial charge in [-0.15, -0.1) is 0 Å². The minimum atomic E-state index is 0.851. The van der Waals surface area contributed by atoms with Gasteiger partial charge in [0.15, 0.2) is 0 Å². The first-order valence-electron chi connectivity index (χ1n) is 21.1. The fourth-order valence-electron chi connectivity index (χ4n) is 9.79. The number of hydrogen-bond donors (Lipinski definition) is 0. The van der Waals surface area contributed by atoms with Gasteiger partial charge in [-0.2, -0.15) is 0 Å². The summed E-state index contributed by atoms with van der Waals surface area (Å²) in [5.74, 6) is 0. The summed E-state index contributed by atoms with van der Waals surface area (Å²) in [5.41, 5.74) is 14.4. The zero-order valence-corrected chi connectivity index (χ0v) is 33.5. The van der Waals surface area contributed by atoms with E-state index in [4.69, 9.17) is 8.83 Å². The molecule has 4 nitrogen and oxygen atoms in total. The van der Waals surface area contributed by atoms with Crippen LogP contribution in [0.2, 0.25) is 0 Å². The molecule has 13 aromatic rings. The monoisotopic (exact) mass is 792 g/mol. The second-order valence-electron chi connectivity index (χ2n) is 16.0. The highest BCUT2D eigenvalue weighted by Gasteiger charge is 2.24. The average Bonchev–Trinajstić information content (AvgIpc) is 4.02. The molecule has 0 fully saturated rings. The van der Waals surface area contributed by atoms with Crippen LogP contribution in [0.25, 0.3) is 104 Å². The van der Waals surface area contributed by atoms with Crippen molar-refractivity contribution in [2.24, 2.45) is 0 Å². The molecule has 0 unspecified atom stereocenters. The molecule has 0 amide bonds. The van der Waals surface area contributed by atoms with E-state index in [0.29, 0.717) is 0 Å². The van der Waals surface area contributed by atoms with Gasteiger partial charge in [0.1, 0.15) is 22.3 Å². The Hall–Kier alpha value is -8.34. The molecule has 0 saturated carbocycles. The fraction of sp³-hybridized carbons (Fsp3) is 0. The SMILES string of the molecule is c1cc(-c2c(N(c3ccc(-c4cccc5oc6ccccc6c45)cc3)c3ccc4ccccc4c3)ccc3c2oc2ccccc23)cc(-n2c3ccccc3c3ccccc32)c1. The molecule has 10 aromatic carbocycles. The fourth-order valence-corrected chi connectivity index (χ4v) is 9.79. The van der Waals surface area contributed by atoms with Crippen molar-refractivity contribution in [2.45, 2.75) is 0 Å². The van der Waals surface area contributed by atoms with Gasteiger partial charge in [-0.25, -0.2) is 0 Å². The van der Waals surface area contributed by atoms with Crippen molar-refractivity contribution in [3.05, 3.63) is 218 Å². The van der Waals surface area contributed by atoms with Gasteiger partial charge < -0.3 is 18.3 Å². The molecule has 0 spiro atoms. The van der Waals surface area contributed by atoms with E-state index >= 15 is 0 Å². The highest BCUT2D eigenvalue weighted by Crippen LogP contribution is 2.48. The number of para-hydroxylation sites is 4. The van der Waals surface area contributed by atoms with Gasteiger partial charge in [0.05, 0.1) is 16.7 Å². The summed E-state index contributed by atoms with van der Waals surface area (Å²) in [6.45, 7) is 0. The van der Waals surface area contributed by atoms with Crippen LogP contribution in [-0.4, -0.2) is 4.57 Å². The standard InChI is InChI=1S/C58H36N2O2/c1-2-14-39-35-43(32-27-37(39)13-1)59(41-30-28-38(29-31-41)44-21-12-26-55-57(44)49-20-6-10-25-54(49)61-55)52-34-33-48-47-19-5-9-24-53(47)62-58(48)56(52)40-15-11-16-42(36-40)60-50-22-7-3-17-45(50)46-18-4-8-23-51(46)60/h1-36H. The number of hydrogen-bond acceptors (Lipinski definition) is 3. The van der Waals surface area contributed by atoms with Crippen LogP contribution in [0.3, 0.4) is 0 Å². The van der Waals surface area contributed by atoms with E-state index in [1.807, 2.05) is 18.2 Å². The van der Waals surface area contributed by atoms with Crippen molar-refractivity contribution in [3.8, 4) is 27.9 Å². The molecule has 290 valence electrons. The number of rotatable bonds is 6. The molecule has 3 heterocycles. The second kappa shape index (κ2) is 13.6. The van der Waals surface area contributed by atoms with Crippen molar-refractivity contribution in [1.82, 2.24) is 4.57 Å². The lowest BCUT2D eigenvalue weighted by atomic mass is 9.97. The highest BCUT2D eigenvalue weighted by molar-refractivity contribution is 6.15. The molecule has 4 heteroatoms. The summed E-state index contributed by atoms with van der Waals surface area (Å²) in [5, 5.41) is 9.25. The van der Waals surface area contributed by atoms with E-state index < -0.39 is 0 Å². The zero-order chi connectivity index (χ0) is 40.7. The van der Waals surface area contributed by atoms with E-state index in [1.165, 1.54) is 32.6 Å². The van der Waals surface area contributed by atoms with E-state index in [9.17, 15) is 0 Å². The van der Waals surface area contributed by atoms with Crippen LogP contribution in [0, 0.1) is 0 Å². The van der Waals surface area contributed by atoms with Crippen molar-refractivity contribution < 1.29 is 8.83 Å². The van der Waals surface area contributed by atoms with Gasteiger partial charge in [-0.3, -0.25) is 0 Å². The lowest BCUT2D eigenvalue weighted by Crippen LogP contribution is -2.11. The maximum atomic E-state index is 6.94. The normalized spacial score (nSPS) is 11.9. The van der Waals surface area contributed by atoms with E-state index in [-0.39, 0.29) is 0 Å². The Labute approximate surface area is 356 Å². The van der Waals surface area contributed by atoms with Crippen molar-refractivity contribution >= 4 is 93.5 Å². The summed E-state index contributed by atoms with van der Waals surface area (Å²) in [6.07, 6.45) is 0. The number of nitrogens with zero attached hydrogens (tertiary/aromatic N) is 2. The van der Waals surface area contributed by atoms with Crippen LogP contribution in [-0.2, 0) is 0 Å². The van der Waals surface area contributed by atoms with Crippen LogP contribution in [0.1, 0.15) is 0 Å². The minimum absolute atomic E-state index is 0.851. The first-order chi connectivity index (χ1) is 30.7. The first kappa shape index (κ1) is 34.5. The third-order valence-electron chi connectivity index (χ3n) is 12.6. The van der Waals surface area contributed by atoms with E-state index in [2.05, 4.69) is 210 Å². The Bertz CT molecular complexity index is 3830. The summed E-state index contributed by atoms with van der Waals surface area (Å²) in [6, 6.07) is 78.0. The maximum absolute atomic E-state index is 6.94. The highest BCUT2D eigenvalue weighted by atomic mass is 16.3. The van der Waals surface area contributed by atoms with Gasteiger partial charge >= 0.3 is 0 Å².